The monoisotopic (exact) mass is 334 g/mol. The molecular weight excluding hydrogens is 308 g/mol. The summed E-state index contributed by atoms with van der Waals surface area (Å²) in [7, 11) is 0. The number of aryl methyl sites for hydroxylation is 3. The van der Waals surface area contributed by atoms with Crippen molar-refractivity contribution in [1.82, 2.24) is 0 Å². The van der Waals surface area contributed by atoms with Gasteiger partial charge >= 0.3 is 0 Å². The Morgan fingerprint density at radius 2 is 1.64 bits per heavy atom. The topological polar surface area (TPSA) is 34.1 Å². The fourth-order valence-electron chi connectivity index (χ4n) is 3.48. The Balaban J connectivity index is 2.22. The summed E-state index contributed by atoms with van der Waals surface area (Å²) in [5, 5.41) is 0. The summed E-state index contributed by atoms with van der Waals surface area (Å²) in [4.78, 5) is 23.7. The predicted molar refractivity (Wildman–Crippen MR) is 103 cm³/mol. The van der Waals surface area contributed by atoms with Gasteiger partial charge in [-0.15, -0.1) is 0 Å². The van der Waals surface area contributed by atoms with Crippen LogP contribution in [-0.2, 0) is 4.79 Å². The zero-order valence-electron chi connectivity index (χ0n) is 15.5. The van der Waals surface area contributed by atoms with E-state index < -0.39 is 0 Å². The summed E-state index contributed by atoms with van der Waals surface area (Å²) in [5.74, 6) is 0.213. The molecule has 2 unspecified atom stereocenters. The minimum Gasteiger partial charge on any atom is -0.303 e. The van der Waals surface area contributed by atoms with Crippen molar-refractivity contribution in [1.29, 1.82) is 0 Å². The minimum atomic E-state index is 0.0276. The van der Waals surface area contributed by atoms with Gasteiger partial charge in [0, 0.05) is 12.0 Å². The van der Waals surface area contributed by atoms with E-state index in [1.807, 2.05) is 69.3 Å². The average Bonchev–Trinajstić information content (AvgIpc) is 2.57. The third-order valence-corrected chi connectivity index (χ3v) is 4.69. The van der Waals surface area contributed by atoms with E-state index >= 15 is 0 Å². The summed E-state index contributed by atoms with van der Waals surface area (Å²) in [5.41, 5.74) is 5.08. The molecule has 0 aromatic heterocycles. The molecule has 0 saturated heterocycles. The van der Waals surface area contributed by atoms with Crippen molar-refractivity contribution in [3.63, 3.8) is 0 Å². The minimum absolute atomic E-state index is 0.0276. The molecule has 2 rings (SSSR count). The molecule has 0 radical (unpaired) electrons. The standard InChI is InChI=1S/C23H26O2/c1-16-14-18(3)23(19(4)15-16)22(25)11-10-17(2)21(12-13-24)20-8-6-5-7-9-20/h5-11,13-15,17,21H,12H2,1-4H3/b11-10+. The van der Waals surface area contributed by atoms with Crippen molar-refractivity contribution >= 4 is 12.1 Å². The lowest BCUT2D eigenvalue weighted by atomic mass is 9.84. The molecular formula is C23H26O2. The number of ketones is 1. The van der Waals surface area contributed by atoms with Crippen molar-refractivity contribution in [2.24, 2.45) is 5.92 Å². The molecule has 2 aromatic carbocycles. The van der Waals surface area contributed by atoms with Crippen LogP contribution in [0.5, 0.6) is 0 Å². The van der Waals surface area contributed by atoms with E-state index in [1.165, 1.54) is 5.56 Å². The van der Waals surface area contributed by atoms with Gasteiger partial charge in [-0.3, -0.25) is 4.79 Å². The van der Waals surface area contributed by atoms with Crippen molar-refractivity contribution in [3.05, 3.63) is 82.4 Å². The van der Waals surface area contributed by atoms with Crippen LogP contribution in [0.3, 0.4) is 0 Å². The molecule has 0 saturated carbocycles. The van der Waals surface area contributed by atoms with E-state index in [1.54, 1.807) is 6.08 Å². The summed E-state index contributed by atoms with van der Waals surface area (Å²) in [6, 6.07) is 14.1. The van der Waals surface area contributed by atoms with Crippen LogP contribution in [0, 0.1) is 26.7 Å². The Kier molecular flexibility index (Phi) is 6.46. The molecule has 0 aliphatic rings. The molecule has 0 heterocycles. The first-order valence-corrected chi connectivity index (χ1v) is 8.73. The van der Waals surface area contributed by atoms with E-state index in [9.17, 15) is 9.59 Å². The molecule has 130 valence electrons. The fourth-order valence-corrected chi connectivity index (χ4v) is 3.48. The van der Waals surface area contributed by atoms with Gasteiger partial charge in [0.25, 0.3) is 0 Å². The summed E-state index contributed by atoms with van der Waals surface area (Å²) in [6.07, 6.45) is 5.00. The van der Waals surface area contributed by atoms with Crippen LogP contribution in [0.15, 0.2) is 54.6 Å². The summed E-state index contributed by atoms with van der Waals surface area (Å²) < 4.78 is 0. The number of hydrogen-bond acceptors (Lipinski definition) is 2. The number of benzene rings is 2. The van der Waals surface area contributed by atoms with Crippen molar-refractivity contribution in [2.75, 3.05) is 0 Å². The third-order valence-electron chi connectivity index (χ3n) is 4.69. The van der Waals surface area contributed by atoms with E-state index in [0.29, 0.717) is 6.42 Å². The smallest absolute Gasteiger partial charge is 0.186 e. The fraction of sp³-hybridized carbons (Fsp3) is 0.304. The normalized spacial score (nSPS) is 13.6. The predicted octanol–water partition coefficient (Wildman–Crippen LogP) is 5.36. The van der Waals surface area contributed by atoms with Gasteiger partial charge in [0.05, 0.1) is 0 Å². The number of rotatable bonds is 7. The number of allylic oxidation sites excluding steroid dienone is 2. The highest BCUT2D eigenvalue weighted by molar-refractivity contribution is 6.06. The zero-order chi connectivity index (χ0) is 18.4. The second-order valence-corrected chi connectivity index (χ2v) is 6.78. The molecule has 2 atom stereocenters. The number of carbonyl (C=O) groups is 2. The van der Waals surface area contributed by atoms with Crippen LogP contribution in [0.1, 0.15) is 51.9 Å². The van der Waals surface area contributed by atoms with Gasteiger partial charge < -0.3 is 4.79 Å². The van der Waals surface area contributed by atoms with Crippen LogP contribution in [0.4, 0.5) is 0 Å². The van der Waals surface area contributed by atoms with Gasteiger partial charge in [-0.2, -0.15) is 0 Å². The number of carbonyl (C=O) groups excluding carboxylic acids is 2. The Morgan fingerprint density at radius 3 is 2.20 bits per heavy atom. The first kappa shape index (κ1) is 18.9. The molecule has 0 fully saturated rings. The molecule has 2 heteroatoms. The maximum atomic E-state index is 12.7. The molecule has 0 amide bonds. The van der Waals surface area contributed by atoms with Crippen molar-refractivity contribution in [3.8, 4) is 0 Å². The van der Waals surface area contributed by atoms with Crippen LogP contribution in [0.2, 0.25) is 0 Å². The Hall–Kier alpha value is -2.48. The first-order chi connectivity index (χ1) is 11.9. The van der Waals surface area contributed by atoms with E-state index in [-0.39, 0.29) is 17.6 Å². The van der Waals surface area contributed by atoms with Gasteiger partial charge in [-0.05, 0) is 55.4 Å². The molecule has 0 N–H and O–H groups in total. The highest BCUT2D eigenvalue weighted by Gasteiger charge is 2.17. The number of hydrogen-bond donors (Lipinski definition) is 0. The van der Waals surface area contributed by atoms with Crippen LogP contribution >= 0.6 is 0 Å². The number of aldehydes is 1. The SMILES string of the molecule is Cc1cc(C)c(C(=O)/C=C/C(C)C(CC=O)c2ccccc2)c(C)c1. The first-order valence-electron chi connectivity index (χ1n) is 8.73. The van der Waals surface area contributed by atoms with Gasteiger partial charge in [0.15, 0.2) is 5.78 Å². The largest absolute Gasteiger partial charge is 0.303 e. The van der Waals surface area contributed by atoms with Crippen molar-refractivity contribution in [2.45, 2.75) is 40.0 Å². The molecule has 0 aliphatic carbocycles. The Morgan fingerprint density at radius 1 is 1.04 bits per heavy atom. The second kappa shape index (κ2) is 8.57. The van der Waals surface area contributed by atoms with Gasteiger partial charge in [-0.25, -0.2) is 0 Å². The maximum absolute atomic E-state index is 12.7. The maximum Gasteiger partial charge on any atom is 0.186 e. The molecule has 25 heavy (non-hydrogen) atoms. The molecule has 2 nitrogen and oxygen atoms in total. The van der Waals surface area contributed by atoms with Crippen LogP contribution in [-0.4, -0.2) is 12.1 Å². The van der Waals surface area contributed by atoms with E-state index in [2.05, 4.69) is 6.92 Å². The van der Waals surface area contributed by atoms with Crippen LogP contribution < -0.4 is 0 Å². The zero-order valence-corrected chi connectivity index (χ0v) is 15.5. The highest BCUT2D eigenvalue weighted by Crippen LogP contribution is 2.28. The molecule has 0 aliphatic heterocycles. The lowest BCUT2D eigenvalue weighted by Crippen LogP contribution is -2.10. The van der Waals surface area contributed by atoms with Crippen molar-refractivity contribution < 1.29 is 9.59 Å². The Labute approximate surface area is 150 Å². The van der Waals surface area contributed by atoms with E-state index in [4.69, 9.17) is 0 Å². The quantitative estimate of drug-likeness (QED) is 0.388. The van der Waals surface area contributed by atoms with Gasteiger partial charge in [-0.1, -0.05) is 61.0 Å². The lowest BCUT2D eigenvalue weighted by molar-refractivity contribution is -0.108. The highest BCUT2D eigenvalue weighted by atomic mass is 16.1. The Bertz CT molecular complexity index is 749. The average molecular weight is 334 g/mol. The van der Waals surface area contributed by atoms with E-state index in [0.717, 1.165) is 28.5 Å². The van der Waals surface area contributed by atoms with Crippen LogP contribution in [0.25, 0.3) is 0 Å². The molecule has 0 spiro atoms. The molecule has 2 aromatic rings. The summed E-state index contributed by atoms with van der Waals surface area (Å²) >= 11 is 0. The summed E-state index contributed by atoms with van der Waals surface area (Å²) in [6.45, 7) is 8.04. The van der Waals surface area contributed by atoms with Gasteiger partial charge in [0.1, 0.15) is 6.29 Å². The third kappa shape index (κ3) is 4.76. The molecule has 0 bridgehead atoms. The van der Waals surface area contributed by atoms with Gasteiger partial charge in [0.2, 0.25) is 0 Å². The lowest BCUT2D eigenvalue weighted by Gasteiger charge is -2.19. The second-order valence-electron chi connectivity index (χ2n) is 6.78.